The Kier molecular flexibility index (Phi) is 6.45. The Hall–Kier alpha value is -3.33. The van der Waals surface area contributed by atoms with Crippen LogP contribution in [0.3, 0.4) is 0 Å². The predicted molar refractivity (Wildman–Crippen MR) is 118 cm³/mol. The number of rotatable bonds is 7. The molecule has 0 bridgehead atoms. The molecule has 9 heteroatoms. The number of esters is 1. The van der Waals surface area contributed by atoms with Crippen molar-refractivity contribution >= 4 is 45.8 Å². The lowest BCUT2D eigenvalue weighted by Gasteiger charge is -2.17. The third-order valence-electron chi connectivity index (χ3n) is 5.58. The number of aromatic nitrogens is 1. The monoisotopic (exact) mass is 453 g/mol. The Bertz CT molecular complexity index is 1040. The van der Waals surface area contributed by atoms with Crippen LogP contribution in [0, 0.1) is 11.8 Å². The molecule has 3 amide bonds. The molecule has 2 aromatic rings. The number of carbonyl (C=O) groups is 4. The Morgan fingerprint density at radius 1 is 1.12 bits per heavy atom. The molecule has 2 aliphatic rings. The number of imide groups is 1. The summed E-state index contributed by atoms with van der Waals surface area (Å²) in [6.45, 7) is 1.44. The highest BCUT2D eigenvalue weighted by atomic mass is 32.1. The molecule has 0 radical (unpaired) electrons. The topological polar surface area (TPSA) is 96.9 Å². The van der Waals surface area contributed by atoms with Gasteiger partial charge in [-0.25, -0.2) is 4.98 Å². The molecular formula is C23H23N3O5S. The summed E-state index contributed by atoms with van der Waals surface area (Å²) in [6, 6.07) is 9.17. The van der Waals surface area contributed by atoms with E-state index in [0.717, 1.165) is 0 Å². The molecule has 0 saturated carbocycles. The van der Waals surface area contributed by atoms with Gasteiger partial charge in [0.2, 0.25) is 17.7 Å². The third-order valence-corrected chi connectivity index (χ3v) is 6.45. The maximum atomic E-state index is 12.5. The lowest BCUT2D eigenvalue weighted by Crippen LogP contribution is -2.33. The molecule has 1 aromatic carbocycles. The van der Waals surface area contributed by atoms with Crippen LogP contribution in [0.4, 0.5) is 10.8 Å². The van der Waals surface area contributed by atoms with Crippen molar-refractivity contribution in [1.82, 2.24) is 9.88 Å². The number of hydrogen-bond donors (Lipinski definition) is 0. The molecular weight excluding hydrogens is 430 g/mol. The molecule has 8 nitrogen and oxygen atoms in total. The zero-order valence-corrected chi connectivity index (χ0v) is 18.4. The number of ether oxygens (including phenoxy) is 1. The van der Waals surface area contributed by atoms with Crippen LogP contribution in [0.15, 0.2) is 47.9 Å². The summed E-state index contributed by atoms with van der Waals surface area (Å²) in [7, 11) is 0. The van der Waals surface area contributed by atoms with Gasteiger partial charge >= 0.3 is 5.97 Å². The zero-order valence-electron chi connectivity index (χ0n) is 17.6. The summed E-state index contributed by atoms with van der Waals surface area (Å²) in [5, 5.41) is 2.21. The number of amides is 3. The van der Waals surface area contributed by atoms with Gasteiger partial charge in [0.15, 0.2) is 5.13 Å². The maximum absolute atomic E-state index is 12.5. The van der Waals surface area contributed by atoms with Crippen LogP contribution in [-0.2, 0) is 30.5 Å². The first-order valence-electron chi connectivity index (χ1n) is 10.4. The number of para-hydroxylation sites is 1. The first-order valence-corrected chi connectivity index (χ1v) is 11.3. The number of allylic oxidation sites excluding steroid dienone is 2. The smallest absolute Gasteiger partial charge is 0.307 e. The minimum atomic E-state index is -0.514. The van der Waals surface area contributed by atoms with E-state index in [4.69, 9.17) is 4.74 Å². The minimum absolute atomic E-state index is 0.0257. The van der Waals surface area contributed by atoms with E-state index in [9.17, 15) is 19.2 Å². The quantitative estimate of drug-likeness (QED) is 0.363. The number of hydrogen-bond acceptors (Lipinski definition) is 7. The second kappa shape index (κ2) is 9.44. The molecule has 4 rings (SSSR count). The number of anilines is 2. The molecule has 1 aliphatic heterocycles. The third kappa shape index (κ3) is 4.47. The molecule has 2 heterocycles. The molecule has 0 spiro atoms. The van der Waals surface area contributed by atoms with Gasteiger partial charge in [-0.2, -0.15) is 0 Å². The molecule has 166 valence electrons. The van der Waals surface area contributed by atoms with Crippen molar-refractivity contribution in [3.05, 3.63) is 53.6 Å². The Morgan fingerprint density at radius 2 is 1.78 bits per heavy atom. The maximum Gasteiger partial charge on any atom is 0.307 e. The normalized spacial score (nSPS) is 19.7. The fourth-order valence-electron chi connectivity index (χ4n) is 3.99. The molecule has 0 N–H and O–H groups in total. The highest BCUT2D eigenvalue weighted by Crippen LogP contribution is 2.35. The van der Waals surface area contributed by atoms with Crippen molar-refractivity contribution in [2.45, 2.75) is 32.8 Å². The molecule has 0 unspecified atom stereocenters. The Balaban J connectivity index is 1.30. The van der Waals surface area contributed by atoms with Gasteiger partial charge in [0.05, 0.1) is 29.6 Å². The second-order valence-electron chi connectivity index (χ2n) is 7.71. The number of likely N-dealkylation sites (tertiary alicyclic amines) is 1. The summed E-state index contributed by atoms with van der Waals surface area (Å²) >= 11 is 1.28. The number of fused-ring (bicyclic) bond motifs is 1. The predicted octanol–water partition coefficient (Wildman–Crippen LogP) is 3.21. The van der Waals surface area contributed by atoms with Gasteiger partial charge in [-0.05, 0) is 25.0 Å². The molecule has 2 atom stereocenters. The summed E-state index contributed by atoms with van der Waals surface area (Å²) in [6.07, 6.45) is 4.94. The number of thiazole rings is 1. The summed E-state index contributed by atoms with van der Waals surface area (Å²) in [4.78, 5) is 56.3. The summed E-state index contributed by atoms with van der Waals surface area (Å²) in [5.74, 6) is -1.70. The van der Waals surface area contributed by atoms with E-state index in [0.29, 0.717) is 29.4 Å². The molecule has 1 fully saturated rings. The number of carbonyl (C=O) groups excluding carboxylic acids is 4. The van der Waals surface area contributed by atoms with Gasteiger partial charge in [0.25, 0.3) is 0 Å². The van der Waals surface area contributed by atoms with Crippen molar-refractivity contribution < 1.29 is 23.9 Å². The summed E-state index contributed by atoms with van der Waals surface area (Å²) in [5.41, 5.74) is 1.22. The van der Waals surface area contributed by atoms with Crippen LogP contribution in [0.2, 0.25) is 0 Å². The summed E-state index contributed by atoms with van der Waals surface area (Å²) < 4.78 is 5.28. The SMILES string of the molecule is CC(=O)N(c1ccccc1)c1nc(COC(=O)CCN2C(=O)[C@H]3CC=CC[C@@H]3C2=O)cs1. The Morgan fingerprint density at radius 3 is 2.41 bits per heavy atom. The van der Waals surface area contributed by atoms with Crippen molar-refractivity contribution in [2.24, 2.45) is 11.8 Å². The van der Waals surface area contributed by atoms with Crippen LogP contribution in [-0.4, -0.2) is 40.1 Å². The van der Waals surface area contributed by atoms with Crippen molar-refractivity contribution in [1.29, 1.82) is 0 Å². The zero-order chi connectivity index (χ0) is 22.7. The van der Waals surface area contributed by atoms with Crippen LogP contribution < -0.4 is 4.90 Å². The highest BCUT2D eigenvalue weighted by Gasteiger charge is 2.46. The fraction of sp³-hybridized carbons (Fsp3) is 0.348. The molecule has 1 aromatic heterocycles. The van der Waals surface area contributed by atoms with Crippen LogP contribution >= 0.6 is 11.3 Å². The van der Waals surface area contributed by atoms with Crippen molar-refractivity contribution in [3.8, 4) is 0 Å². The van der Waals surface area contributed by atoms with E-state index in [2.05, 4.69) is 4.98 Å². The van der Waals surface area contributed by atoms with Gasteiger partial charge in [0, 0.05) is 18.8 Å². The van der Waals surface area contributed by atoms with E-state index in [1.54, 1.807) is 5.38 Å². The standard InChI is InChI=1S/C23H23N3O5S/c1-15(27)26(17-7-3-2-4-8-17)23-24-16(14-32-23)13-31-20(28)11-12-25-21(29)18-9-5-6-10-19(18)22(25)30/h2-8,14,18-19H,9-13H2,1H3/t18-,19-/m0/s1. The van der Waals surface area contributed by atoms with Crippen LogP contribution in [0.1, 0.15) is 31.9 Å². The van der Waals surface area contributed by atoms with E-state index in [1.165, 1.54) is 28.1 Å². The first-order chi connectivity index (χ1) is 15.5. The number of benzene rings is 1. The van der Waals surface area contributed by atoms with Gasteiger partial charge < -0.3 is 4.74 Å². The second-order valence-corrected chi connectivity index (χ2v) is 8.54. The van der Waals surface area contributed by atoms with Crippen LogP contribution in [0.25, 0.3) is 0 Å². The van der Waals surface area contributed by atoms with Crippen molar-refractivity contribution in [2.75, 3.05) is 11.4 Å². The number of nitrogens with zero attached hydrogens (tertiary/aromatic N) is 3. The van der Waals surface area contributed by atoms with Gasteiger partial charge in [-0.1, -0.05) is 30.4 Å². The molecule has 32 heavy (non-hydrogen) atoms. The van der Waals surface area contributed by atoms with E-state index in [1.807, 2.05) is 42.5 Å². The fourth-order valence-corrected chi connectivity index (χ4v) is 4.86. The Labute approximate surface area is 189 Å². The molecule has 1 aliphatic carbocycles. The average molecular weight is 454 g/mol. The van der Waals surface area contributed by atoms with Gasteiger partial charge in [0.1, 0.15) is 6.61 Å². The lowest BCUT2D eigenvalue weighted by atomic mass is 9.85. The highest BCUT2D eigenvalue weighted by molar-refractivity contribution is 7.14. The van der Waals surface area contributed by atoms with Crippen LogP contribution in [0.5, 0.6) is 0 Å². The van der Waals surface area contributed by atoms with E-state index in [-0.39, 0.29) is 49.1 Å². The minimum Gasteiger partial charge on any atom is -0.459 e. The van der Waals surface area contributed by atoms with Gasteiger partial charge in [-0.3, -0.25) is 29.0 Å². The first kappa shape index (κ1) is 21.9. The van der Waals surface area contributed by atoms with Gasteiger partial charge in [-0.15, -0.1) is 11.3 Å². The molecule has 1 saturated heterocycles. The van der Waals surface area contributed by atoms with Crippen molar-refractivity contribution in [3.63, 3.8) is 0 Å². The van der Waals surface area contributed by atoms with E-state index < -0.39 is 5.97 Å². The largest absolute Gasteiger partial charge is 0.459 e. The lowest BCUT2D eigenvalue weighted by molar-refractivity contribution is -0.147. The average Bonchev–Trinajstić information content (AvgIpc) is 3.35. The van der Waals surface area contributed by atoms with E-state index >= 15 is 0 Å².